The van der Waals surface area contributed by atoms with E-state index in [1.165, 1.54) is 23.1 Å². The zero-order chi connectivity index (χ0) is 24.0. The molecule has 5 aromatic rings. The molecular formula is C26H22N6OS2. The molecule has 0 radical (unpaired) electrons. The van der Waals surface area contributed by atoms with Crippen molar-refractivity contribution in [2.75, 3.05) is 0 Å². The molecule has 3 aromatic heterocycles. The molecule has 7 nitrogen and oxygen atoms in total. The van der Waals surface area contributed by atoms with Gasteiger partial charge in [0.05, 0.1) is 11.4 Å². The normalized spacial score (nSPS) is 10.9. The fourth-order valence-corrected chi connectivity index (χ4v) is 5.29. The highest BCUT2D eigenvalue weighted by Crippen LogP contribution is 2.31. The van der Waals surface area contributed by atoms with Crippen LogP contribution in [0.1, 0.15) is 26.6 Å². The fraction of sp³-hybridized carbons (Fsp3) is 0.115. The maximum Gasteiger partial charge on any atom is 0.271 e. The molecule has 0 bridgehead atoms. The van der Waals surface area contributed by atoms with Crippen LogP contribution in [-0.4, -0.2) is 30.6 Å². The molecule has 0 aliphatic rings. The van der Waals surface area contributed by atoms with Crippen LogP contribution in [0.15, 0.2) is 89.7 Å². The number of carbonyl (C=O) groups is 1. The van der Waals surface area contributed by atoms with Gasteiger partial charge in [-0.05, 0) is 36.2 Å². The summed E-state index contributed by atoms with van der Waals surface area (Å²) in [4.78, 5) is 21.3. The summed E-state index contributed by atoms with van der Waals surface area (Å²) >= 11 is 3.01. The Balaban J connectivity index is 1.33. The monoisotopic (exact) mass is 498 g/mol. The van der Waals surface area contributed by atoms with Gasteiger partial charge in [0, 0.05) is 29.9 Å². The largest absolute Gasteiger partial charge is 0.347 e. The van der Waals surface area contributed by atoms with Crippen LogP contribution in [-0.2, 0) is 12.3 Å². The average molecular weight is 499 g/mol. The highest BCUT2D eigenvalue weighted by molar-refractivity contribution is 7.98. The highest BCUT2D eigenvalue weighted by Gasteiger charge is 2.18. The lowest BCUT2D eigenvalue weighted by Crippen LogP contribution is -2.23. The van der Waals surface area contributed by atoms with E-state index < -0.39 is 0 Å². The second-order valence-corrected chi connectivity index (χ2v) is 9.64. The van der Waals surface area contributed by atoms with Crippen LogP contribution in [0.5, 0.6) is 0 Å². The Morgan fingerprint density at radius 2 is 1.86 bits per heavy atom. The van der Waals surface area contributed by atoms with Gasteiger partial charge < -0.3 is 5.32 Å². The molecule has 0 aliphatic carbocycles. The minimum atomic E-state index is -0.178. The summed E-state index contributed by atoms with van der Waals surface area (Å²) in [7, 11) is 0. The predicted octanol–water partition coefficient (Wildman–Crippen LogP) is 5.32. The Kier molecular flexibility index (Phi) is 6.97. The number of nitrogens with one attached hydrogen (secondary N) is 1. The number of rotatable bonds is 8. The Morgan fingerprint density at radius 3 is 2.66 bits per heavy atom. The number of aryl methyl sites for hydroxylation is 1. The second kappa shape index (κ2) is 10.6. The first-order valence-corrected chi connectivity index (χ1v) is 12.9. The first kappa shape index (κ1) is 22.9. The summed E-state index contributed by atoms with van der Waals surface area (Å²) in [5.74, 6) is 1.13. The van der Waals surface area contributed by atoms with E-state index in [2.05, 4.69) is 49.1 Å². The third-order valence-electron chi connectivity index (χ3n) is 5.31. The van der Waals surface area contributed by atoms with Crippen molar-refractivity contribution in [1.29, 1.82) is 0 Å². The van der Waals surface area contributed by atoms with E-state index in [9.17, 15) is 4.79 Å². The second-order valence-electron chi connectivity index (χ2n) is 7.75. The Morgan fingerprint density at radius 1 is 1.03 bits per heavy atom. The summed E-state index contributed by atoms with van der Waals surface area (Å²) < 4.78 is 2.05. The van der Waals surface area contributed by atoms with Gasteiger partial charge in [-0.25, -0.2) is 4.98 Å². The van der Waals surface area contributed by atoms with Gasteiger partial charge in [-0.3, -0.25) is 14.3 Å². The molecule has 1 N–H and O–H groups in total. The third-order valence-corrected chi connectivity index (χ3v) is 7.29. The lowest BCUT2D eigenvalue weighted by atomic mass is 10.2. The number of aromatic nitrogens is 5. The van der Waals surface area contributed by atoms with E-state index in [4.69, 9.17) is 0 Å². The van der Waals surface area contributed by atoms with Crippen LogP contribution in [0.4, 0.5) is 0 Å². The Hall–Kier alpha value is -3.82. The fourth-order valence-electron chi connectivity index (χ4n) is 3.55. The molecule has 174 valence electrons. The van der Waals surface area contributed by atoms with Crippen LogP contribution in [0, 0.1) is 6.92 Å². The van der Waals surface area contributed by atoms with Crippen molar-refractivity contribution in [3.63, 3.8) is 0 Å². The topological polar surface area (TPSA) is 85.6 Å². The van der Waals surface area contributed by atoms with Crippen LogP contribution >= 0.6 is 23.1 Å². The van der Waals surface area contributed by atoms with Gasteiger partial charge in [-0.1, -0.05) is 60.3 Å². The molecule has 0 saturated carbocycles. The zero-order valence-corrected chi connectivity index (χ0v) is 20.6. The third kappa shape index (κ3) is 5.31. The highest BCUT2D eigenvalue weighted by atomic mass is 32.2. The molecule has 0 fully saturated rings. The number of nitrogens with zero attached hydrogens (tertiary/aromatic N) is 5. The minimum Gasteiger partial charge on any atom is -0.347 e. The van der Waals surface area contributed by atoms with Crippen LogP contribution in [0.25, 0.3) is 17.1 Å². The van der Waals surface area contributed by atoms with Gasteiger partial charge in [-0.2, -0.15) is 0 Å². The predicted molar refractivity (Wildman–Crippen MR) is 139 cm³/mol. The molecule has 3 heterocycles. The summed E-state index contributed by atoms with van der Waals surface area (Å²) in [6.45, 7) is 2.54. The van der Waals surface area contributed by atoms with Crippen molar-refractivity contribution in [1.82, 2.24) is 30.0 Å². The van der Waals surface area contributed by atoms with Crippen molar-refractivity contribution in [3.05, 3.63) is 106 Å². The van der Waals surface area contributed by atoms with E-state index in [1.807, 2.05) is 54.6 Å². The van der Waals surface area contributed by atoms with E-state index >= 15 is 0 Å². The van der Waals surface area contributed by atoms with Gasteiger partial charge in [0.25, 0.3) is 5.91 Å². The molecule has 0 spiro atoms. The quantitative estimate of drug-likeness (QED) is 0.292. The van der Waals surface area contributed by atoms with Crippen molar-refractivity contribution >= 4 is 29.0 Å². The van der Waals surface area contributed by atoms with E-state index in [0.717, 1.165) is 38.4 Å². The van der Waals surface area contributed by atoms with Crippen molar-refractivity contribution in [2.24, 2.45) is 0 Å². The van der Waals surface area contributed by atoms with Gasteiger partial charge >= 0.3 is 0 Å². The maximum atomic E-state index is 12.5. The summed E-state index contributed by atoms with van der Waals surface area (Å²) in [6, 6.07) is 21.8. The molecule has 35 heavy (non-hydrogen) atoms. The molecule has 0 unspecified atom stereocenters. The van der Waals surface area contributed by atoms with E-state index in [0.29, 0.717) is 18.0 Å². The molecule has 0 saturated heterocycles. The van der Waals surface area contributed by atoms with Crippen LogP contribution in [0.3, 0.4) is 0 Å². The SMILES string of the molecule is Cc1ccccc1-n1c(SCc2nc(C(=O)NCc3ccccc3)cs2)nnc1-c1cccnc1. The van der Waals surface area contributed by atoms with Crippen LogP contribution < -0.4 is 5.32 Å². The molecular weight excluding hydrogens is 476 g/mol. The first-order valence-electron chi connectivity index (χ1n) is 11.0. The van der Waals surface area contributed by atoms with Crippen molar-refractivity contribution < 1.29 is 4.79 Å². The average Bonchev–Trinajstić information content (AvgIpc) is 3.55. The lowest BCUT2D eigenvalue weighted by Gasteiger charge is -2.12. The van der Waals surface area contributed by atoms with E-state index in [-0.39, 0.29) is 5.91 Å². The number of thiazole rings is 1. The number of benzene rings is 2. The summed E-state index contributed by atoms with van der Waals surface area (Å²) in [6.07, 6.45) is 3.53. The minimum absolute atomic E-state index is 0.178. The molecule has 1 amide bonds. The molecule has 5 rings (SSSR count). The standard InChI is InChI=1S/C26H22N6OS2/c1-18-8-5-6-12-22(18)32-24(20-11-7-13-27-15-20)30-31-26(32)35-17-23-29-21(16-34-23)25(33)28-14-19-9-3-2-4-10-19/h2-13,15-16H,14,17H2,1H3,(H,28,33). The number of carbonyl (C=O) groups excluding carboxylic acids is 1. The van der Waals surface area contributed by atoms with Crippen molar-refractivity contribution in [3.8, 4) is 17.1 Å². The van der Waals surface area contributed by atoms with E-state index in [1.54, 1.807) is 17.8 Å². The smallest absolute Gasteiger partial charge is 0.271 e. The summed E-state index contributed by atoms with van der Waals surface area (Å²) in [5, 5.41) is 15.3. The maximum absolute atomic E-state index is 12.5. The van der Waals surface area contributed by atoms with Crippen LogP contribution in [0.2, 0.25) is 0 Å². The van der Waals surface area contributed by atoms with Gasteiger partial charge in [0.2, 0.25) is 0 Å². The van der Waals surface area contributed by atoms with Gasteiger partial charge in [0.15, 0.2) is 11.0 Å². The number of para-hydroxylation sites is 1. The lowest BCUT2D eigenvalue weighted by molar-refractivity contribution is 0.0946. The van der Waals surface area contributed by atoms with Gasteiger partial charge in [-0.15, -0.1) is 21.5 Å². The van der Waals surface area contributed by atoms with Gasteiger partial charge in [0.1, 0.15) is 10.7 Å². The molecule has 0 atom stereocenters. The number of amides is 1. The number of hydrogen-bond donors (Lipinski definition) is 1. The molecule has 0 aliphatic heterocycles. The number of hydrogen-bond acceptors (Lipinski definition) is 7. The van der Waals surface area contributed by atoms with Crippen molar-refractivity contribution in [2.45, 2.75) is 24.4 Å². The number of thioether (sulfide) groups is 1. The first-order chi connectivity index (χ1) is 17.2. The number of pyridine rings is 1. The Bertz CT molecular complexity index is 1430. The molecule has 9 heteroatoms. The summed E-state index contributed by atoms with van der Waals surface area (Å²) in [5.41, 5.74) is 4.50. The molecule has 2 aromatic carbocycles. The zero-order valence-electron chi connectivity index (χ0n) is 19.0. The Labute approximate surface area is 211 Å².